The third-order valence-corrected chi connectivity index (χ3v) is 4.71. The van der Waals surface area contributed by atoms with Gasteiger partial charge >= 0.3 is 5.97 Å². The maximum absolute atomic E-state index is 13.1. The summed E-state index contributed by atoms with van der Waals surface area (Å²) in [5.41, 5.74) is 3.12. The van der Waals surface area contributed by atoms with E-state index in [-0.39, 0.29) is 11.9 Å². The average molecular weight is 385 g/mol. The van der Waals surface area contributed by atoms with Crippen LogP contribution in [0, 0.1) is 5.82 Å². The van der Waals surface area contributed by atoms with Crippen molar-refractivity contribution < 1.29 is 14.3 Å². The molecule has 27 heavy (non-hydrogen) atoms. The largest absolute Gasteiger partial charge is 0.479 e. The number of fused-ring (bicyclic) bond motifs is 1. The second-order valence-electron chi connectivity index (χ2n) is 6.41. The van der Waals surface area contributed by atoms with Gasteiger partial charge in [-0.3, -0.25) is 0 Å². The third kappa shape index (κ3) is 4.09. The number of nitrogens with one attached hydrogen (secondary N) is 2. The van der Waals surface area contributed by atoms with Gasteiger partial charge in [-0.15, -0.1) is 0 Å². The Bertz CT molecular complexity index is 898. The number of hydrogen-bond donors (Lipinski definition) is 3. The van der Waals surface area contributed by atoms with Crippen LogP contribution in [0.2, 0.25) is 0 Å². The lowest BCUT2D eigenvalue weighted by atomic mass is 9.94. The molecular weight excluding hydrogens is 365 g/mol. The molecule has 140 valence electrons. The number of carboxylic acid groups (broad SMARTS) is 1. The third-order valence-electron chi connectivity index (χ3n) is 4.49. The maximum Gasteiger partial charge on any atom is 0.331 e. The van der Waals surface area contributed by atoms with Gasteiger partial charge in [-0.1, -0.05) is 36.4 Å². The minimum absolute atomic E-state index is 0.116. The van der Waals surface area contributed by atoms with E-state index in [9.17, 15) is 14.3 Å². The molecule has 0 aliphatic carbocycles. The fourth-order valence-corrected chi connectivity index (χ4v) is 3.43. The highest BCUT2D eigenvalue weighted by molar-refractivity contribution is 7.80. The van der Waals surface area contributed by atoms with Crippen molar-refractivity contribution in [3.63, 3.8) is 0 Å². The van der Waals surface area contributed by atoms with Gasteiger partial charge in [0, 0.05) is 18.8 Å². The van der Waals surface area contributed by atoms with Gasteiger partial charge in [0.15, 0.2) is 11.2 Å². The number of halogens is 1. The zero-order valence-corrected chi connectivity index (χ0v) is 15.8. The Kier molecular flexibility index (Phi) is 5.41. The van der Waals surface area contributed by atoms with Gasteiger partial charge in [0.05, 0.1) is 11.7 Å². The van der Waals surface area contributed by atoms with E-state index in [0.717, 1.165) is 16.8 Å². The smallest absolute Gasteiger partial charge is 0.331 e. The van der Waals surface area contributed by atoms with Gasteiger partial charge < -0.3 is 20.6 Å². The molecule has 3 N–H and O–H groups in total. The van der Waals surface area contributed by atoms with Crippen LogP contribution < -0.4 is 10.6 Å². The number of carbonyl (C=O) groups is 1. The maximum atomic E-state index is 13.1. The van der Waals surface area contributed by atoms with Crippen molar-refractivity contribution in [2.75, 3.05) is 7.05 Å². The van der Waals surface area contributed by atoms with Crippen LogP contribution in [-0.4, -0.2) is 28.1 Å². The van der Waals surface area contributed by atoms with Gasteiger partial charge in [-0.05, 0) is 42.4 Å². The van der Waals surface area contributed by atoms with Crippen LogP contribution in [-0.2, 0) is 4.79 Å². The summed E-state index contributed by atoms with van der Waals surface area (Å²) in [5, 5.41) is 16.2. The average Bonchev–Trinajstić information content (AvgIpc) is 2.61. The molecular formula is C20H20FN3O2S. The van der Waals surface area contributed by atoms with E-state index in [1.807, 2.05) is 25.1 Å². The zero-order valence-electron chi connectivity index (χ0n) is 14.9. The molecule has 0 bridgehead atoms. The number of likely N-dealkylation sites (N-methyl/N-ethyl adjacent to an activating group) is 1. The predicted molar refractivity (Wildman–Crippen MR) is 106 cm³/mol. The van der Waals surface area contributed by atoms with Gasteiger partial charge in [0.25, 0.3) is 0 Å². The monoisotopic (exact) mass is 385 g/mol. The van der Waals surface area contributed by atoms with Gasteiger partial charge in [-0.2, -0.15) is 0 Å². The minimum atomic E-state index is -0.911. The first-order valence-electron chi connectivity index (χ1n) is 8.45. The molecule has 1 aliphatic heterocycles. The summed E-state index contributed by atoms with van der Waals surface area (Å²) >= 11 is 5.41. The zero-order chi connectivity index (χ0) is 19.6. The number of benzene rings is 2. The van der Waals surface area contributed by atoms with E-state index in [1.165, 1.54) is 12.1 Å². The SMILES string of the molecule is CC(NC(=S)NC1=CN(C)C(C(=O)O)c2ccccc21)c1ccc(F)cc1. The normalized spacial score (nSPS) is 16.8. The van der Waals surface area contributed by atoms with E-state index < -0.39 is 12.0 Å². The number of rotatable bonds is 4. The summed E-state index contributed by atoms with van der Waals surface area (Å²) in [6.45, 7) is 1.93. The van der Waals surface area contributed by atoms with Crippen molar-refractivity contribution in [2.45, 2.75) is 19.0 Å². The Morgan fingerprint density at radius 3 is 2.56 bits per heavy atom. The molecule has 3 rings (SSSR count). The number of nitrogens with zero attached hydrogens (tertiary/aromatic N) is 1. The summed E-state index contributed by atoms with van der Waals surface area (Å²) in [4.78, 5) is 13.3. The van der Waals surface area contributed by atoms with Gasteiger partial charge in [-0.25, -0.2) is 9.18 Å². The second kappa shape index (κ2) is 7.75. The lowest BCUT2D eigenvalue weighted by Crippen LogP contribution is -2.39. The molecule has 0 saturated heterocycles. The summed E-state index contributed by atoms with van der Waals surface area (Å²) in [6, 6.07) is 12.7. The van der Waals surface area contributed by atoms with Crippen LogP contribution in [0.1, 0.15) is 35.7 Å². The number of thiocarbonyl (C=S) groups is 1. The summed E-state index contributed by atoms with van der Waals surface area (Å²) in [6.07, 6.45) is 1.73. The summed E-state index contributed by atoms with van der Waals surface area (Å²) < 4.78 is 13.1. The quantitative estimate of drug-likeness (QED) is 0.701. The van der Waals surface area contributed by atoms with Crippen molar-refractivity contribution >= 4 is 29.0 Å². The van der Waals surface area contributed by atoms with E-state index >= 15 is 0 Å². The molecule has 0 fully saturated rings. The van der Waals surface area contributed by atoms with Crippen molar-refractivity contribution in [3.05, 3.63) is 77.2 Å². The molecule has 0 radical (unpaired) electrons. The lowest BCUT2D eigenvalue weighted by molar-refractivity contribution is -0.142. The van der Waals surface area contributed by atoms with Crippen LogP contribution >= 0.6 is 12.2 Å². The topological polar surface area (TPSA) is 64.6 Å². The van der Waals surface area contributed by atoms with Crippen molar-refractivity contribution in [2.24, 2.45) is 0 Å². The molecule has 0 spiro atoms. The van der Waals surface area contributed by atoms with E-state index in [0.29, 0.717) is 10.7 Å². The van der Waals surface area contributed by atoms with Crippen LogP contribution in [0.5, 0.6) is 0 Å². The molecule has 1 aliphatic rings. The molecule has 1 heterocycles. The fraction of sp³-hybridized carbons (Fsp3) is 0.200. The highest BCUT2D eigenvalue weighted by Gasteiger charge is 2.30. The molecule has 0 amide bonds. The number of carboxylic acids is 1. The molecule has 2 unspecified atom stereocenters. The summed E-state index contributed by atoms with van der Waals surface area (Å²) in [7, 11) is 1.72. The standard InChI is InChI=1S/C20H20FN3O2S/c1-12(13-7-9-14(21)10-8-13)22-20(27)23-17-11-24(2)18(19(25)26)16-6-4-3-5-15(16)17/h3-12,18H,1-2H3,(H,25,26)(H2,22,23,27). The van der Waals surface area contributed by atoms with Gasteiger partial charge in [0.1, 0.15) is 5.82 Å². The fourth-order valence-electron chi connectivity index (χ4n) is 3.14. The Labute approximate surface area is 162 Å². The van der Waals surface area contributed by atoms with Crippen LogP contribution in [0.3, 0.4) is 0 Å². The molecule has 2 atom stereocenters. The Hall–Kier alpha value is -2.93. The van der Waals surface area contributed by atoms with Crippen LogP contribution in [0.4, 0.5) is 4.39 Å². The predicted octanol–water partition coefficient (Wildman–Crippen LogP) is 3.42. The first-order valence-corrected chi connectivity index (χ1v) is 8.86. The minimum Gasteiger partial charge on any atom is -0.479 e. The Morgan fingerprint density at radius 1 is 1.22 bits per heavy atom. The van der Waals surface area contributed by atoms with E-state index in [4.69, 9.17) is 12.2 Å². The molecule has 2 aromatic carbocycles. The van der Waals surface area contributed by atoms with Crippen molar-refractivity contribution in [1.82, 2.24) is 15.5 Å². The van der Waals surface area contributed by atoms with Crippen LogP contribution in [0.15, 0.2) is 54.7 Å². The van der Waals surface area contributed by atoms with Crippen molar-refractivity contribution in [3.8, 4) is 0 Å². The molecule has 0 aromatic heterocycles. The Balaban J connectivity index is 1.76. The first kappa shape index (κ1) is 18.8. The number of aliphatic carboxylic acids is 1. The first-order chi connectivity index (χ1) is 12.9. The highest BCUT2D eigenvalue weighted by Crippen LogP contribution is 2.32. The molecule has 7 heteroatoms. The molecule has 0 saturated carbocycles. The Morgan fingerprint density at radius 2 is 1.89 bits per heavy atom. The number of hydrogen-bond acceptors (Lipinski definition) is 3. The van der Waals surface area contributed by atoms with Crippen LogP contribution in [0.25, 0.3) is 5.70 Å². The molecule has 2 aromatic rings. The van der Waals surface area contributed by atoms with Gasteiger partial charge in [0.2, 0.25) is 0 Å². The molecule has 5 nitrogen and oxygen atoms in total. The van der Waals surface area contributed by atoms with Crippen molar-refractivity contribution in [1.29, 1.82) is 0 Å². The van der Waals surface area contributed by atoms with E-state index in [2.05, 4.69) is 10.6 Å². The van der Waals surface area contributed by atoms with E-state index in [1.54, 1.807) is 36.3 Å². The highest BCUT2D eigenvalue weighted by atomic mass is 32.1. The lowest BCUT2D eigenvalue weighted by Gasteiger charge is -2.32. The summed E-state index contributed by atoms with van der Waals surface area (Å²) in [5.74, 6) is -1.20. The second-order valence-corrected chi connectivity index (χ2v) is 6.82.